The number of halogens is 1. The molecular weight excluding hydrogens is 349 g/mol. The van der Waals surface area contributed by atoms with E-state index in [0.717, 1.165) is 29.8 Å². The van der Waals surface area contributed by atoms with Crippen LogP contribution in [0.3, 0.4) is 0 Å². The first-order valence-electron chi connectivity index (χ1n) is 8.20. The van der Waals surface area contributed by atoms with Crippen molar-refractivity contribution < 1.29 is 9.50 Å². The minimum absolute atomic E-state index is 0.407. The molecule has 2 aliphatic rings. The van der Waals surface area contributed by atoms with Gasteiger partial charge in [-0.15, -0.1) is 0 Å². The molecular formula is C20H22FN3OS. The van der Waals surface area contributed by atoms with Crippen LogP contribution in [0.5, 0.6) is 0 Å². The highest BCUT2D eigenvalue weighted by Crippen LogP contribution is 2.34. The Hall–Kier alpha value is -2.73. The number of fused-ring (bicyclic) bond motifs is 4. The molecule has 6 heteroatoms. The minimum atomic E-state index is -0.804. The van der Waals surface area contributed by atoms with E-state index in [-0.39, 0.29) is 0 Å². The Morgan fingerprint density at radius 1 is 1.46 bits per heavy atom. The molecule has 3 rings (SSSR count). The summed E-state index contributed by atoms with van der Waals surface area (Å²) in [4.78, 5) is 7.27. The molecule has 136 valence electrons. The van der Waals surface area contributed by atoms with E-state index in [1.54, 1.807) is 26.3 Å². The van der Waals surface area contributed by atoms with E-state index in [9.17, 15) is 4.39 Å². The summed E-state index contributed by atoms with van der Waals surface area (Å²) in [5.74, 6) is -1.21. The van der Waals surface area contributed by atoms with Gasteiger partial charge >= 0.3 is 0 Å². The molecule has 4 nitrogen and oxygen atoms in total. The van der Waals surface area contributed by atoms with Crippen molar-refractivity contribution in [3.8, 4) is 0 Å². The average molecular weight is 371 g/mol. The summed E-state index contributed by atoms with van der Waals surface area (Å²) in [6, 6.07) is 0. The lowest BCUT2D eigenvalue weighted by Gasteiger charge is -2.23. The zero-order valence-corrected chi connectivity index (χ0v) is 15.7. The molecule has 0 saturated heterocycles. The monoisotopic (exact) mass is 371 g/mol. The van der Waals surface area contributed by atoms with Gasteiger partial charge in [0.25, 0.3) is 0 Å². The fraction of sp³-hybridized carbons (Fsp3) is 0.200. The highest BCUT2D eigenvalue weighted by atomic mass is 32.1. The lowest BCUT2D eigenvalue weighted by Crippen LogP contribution is -2.12. The van der Waals surface area contributed by atoms with Gasteiger partial charge in [0.15, 0.2) is 16.2 Å². The third kappa shape index (κ3) is 5.13. The molecule has 0 amide bonds. The summed E-state index contributed by atoms with van der Waals surface area (Å²) in [7, 11) is 0. The third-order valence-corrected chi connectivity index (χ3v) is 4.18. The van der Waals surface area contributed by atoms with Crippen LogP contribution >= 0.6 is 12.2 Å². The van der Waals surface area contributed by atoms with Crippen LogP contribution in [0.4, 0.5) is 10.1 Å². The molecule has 2 heterocycles. The second-order valence-electron chi connectivity index (χ2n) is 5.81. The van der Waals surface area contributed by atoms with Crippen LogP contribution in [0.1, 0.15) is 32.4 Å². The summed E-state index contributed by atoms with van der Waals surface area (Å²) in [5.41, 5.74) is 5.26. The molecule has 1 aliphatic heterocycles. The fourth-order valence-corrected chi connectivity index (χ4v) is 2.60. The molecule has 26 heavy (non-hydrogen) atoms. The van der Waals surface area contributed by atoms with Crippen LogP contribution in [-0.2, 0) is 0 Å². The van der Waals surface area contributed by atoms with E-state index in [0.29, 0.717) is 4.64 Å². The quantitative estimate of drug-likeness (QED) is 0.336. The number of nitrogens with zero attached hydrogens (tertiary/aromatic N) is 1. The molecule has 0 spiro atoms. The van der Waals surface area contributed by atoms with Gasteiger partial charge in [0.1, 0.15) is 0 Å². The van der Waals surface area contributed by atoms with E-state index in [1.165, 1.54) is 17.3 Å². The summed E-state index contributed by atoms with van der Waals surface area (Å²) >= 11 is 5.23. The van der Waals surface area contributed by atoms with Crippen molar-refractivity contribution in [3.05, 3.63) is 82.6 Å². The number of anilines is 1. The van der Waals surface area contributed by atoms with Gasteiger partial charge < -0.3 is 15.4 Å². The zero-order valence-electron chi connectivity index (χ0n) is 14.8. The number of aliphatic hydroxyl groups excluding tert-OH is 1. The molecule has 3 N–H and O–H groups in total. The van der Waals surface area contributed by atoms with Crippen molar-refractivity contribution in [2.24, 2.45) is 0 Å². The van der Waals surface area contributed by atoms with Crippen LogP contribution in [0, 0.1) is 4.64 Å². The number of hydrogen-bond acceptors (Lipinski definition) is 4. The van der Waals surface area contributed by atoms with E-state index < -0.39 is 11.6 Å². The van der Waals surface area contributed by atoms with Gasteiger partial charge in [0.2, 0.25) is 0 Å². The van der Waals surface area contributed by atoms with Crippen molar-refractivity contribution in [3.63, 3.8) is 0 Å². The van der Waals surface area contributed by atoms with Gasteiger partial charge in [-0.25, -0.2) is 9.37 Å². The Bertz CT molecular complexity index is 904. The number of aromatic nitrogens is 2. The Morgan fingerprint density at radius 3 is 2.92 bits per heavy atom. The predicted molar refractivity (Wildman–Crippen MR) is 108 cm³/mol. The Balaban J connectivity index is 0.000000213. The maximum Gasteiger partial charge on any atom is 0.157 e. The first-order chi connectivity index (χ1) is 12.4. The first-order valence-corrected chi connectivity index (χ1v) is 8.61. The SMILES string of the molecule is C=C(F)/C(O)=C\C(C)=C/C.S=c1nc[nH]c2c1N/C1=C/C=CC/C=C/2C1. The van der Waals surface area contributed by atoms with Crippen LogP contribution in [0.25, 0.3) is 5.57 Å². The lowest BCUT2D eigenvalue weighted by molar-refractivity contribution is 0.390. The summed E-state index contributed by atoms with van der Waals surface area (Å²) in [5, 5.41) is 12.1. The Kier molecular flexibility index (Phi) is 6.86. The second kappa shape index (κ2) is 9.10. The number of aromatic amines is 1. The first kappa shape index (κ1) is 19.6. The van der Waals surface area contributed by atoms with Crippen LogP contribution < -0.4 is 5.32 Å². The highest BCUT2D eigenvalue weighted by molar-refractivity contribution is 7.71. The summed E-state index contributed by atoms with van der Waals surface area (Å²) in [6.07, 6.45) is 15.2. The second-order valence-corrected chi connectivity index (χ2v) is 6.20. The van der Waals surface area contributed by atoms with Crippen molar-refractivity contribution >= 4 is 23.5 Å². The minimum Gasteiger partial charge on any atom is -0.505 e. The summed E-state index contributed by atoms with van der Waals surface area (Å²) in [6.45, 7) is 6.50. The summed E-state index contributed by atoms with van der Waals surface area (Å²) < 4.78 is 12.7. The predicted octanol–water partition coefficient (Wildman–Crippen LogP) is 6.06. The number of hydrogen-bond donors (Lipinski definition) is 3. The number of allylic oxidation sites excluding steroid dienone is 9. The smallest absolute Gasteiger partial charge is 0.157 e. The van der Waals surface area contributed by atoms with E-state index in [1.807, 2.05) is 0 Å². The molecule has 0 fully saturated rings. The van der Waals surface area contributed by atoms with Crippen LogP contribution in [-0.4, -0.2) is 15.1 Å². The maximum atomic E-state index is 12.1. The number of H-pyrrole nitrogens is 1. The average Bonchev–Trinajstić information content (AvgIpc) is 2.60. The van der Waals surface area contributed by atoms with Gasteiger partial charge in [-0.1, -0.05) is 48.7 Å². The fourth-order valence-electron chi connectivity index (χ4n) is 2.39. The highest BCUT2D eigenvalue weighted by Gasteiger charge is 2.18. The molecule has 0 aromatic carbocycles. The molecule has 0 radical (unpaired) electrons. The number of nitrogens with one attached hydrogen (secondary N) is 2. The van der Waals surface area contributed by atoms with Crippen molar-refractivity contribution in [2.45, 2.75) is 26.7 Å². The van der Waals surface area contributed by atoms with E-state index in [2.05, 4.69) is 46.2 Å². The van der Waals surface area contributed by atoms with Gasteiger partial charge in [0, 0.05) is 12.1 Å². The molecule has 0 saturated carbocycles. The van der Waals surface area contributed by atoms with Crippen LogP contribution in [0.2, 0.25) is 0 Å². The van der Waals surface area contributed by atoms with Crippen LogP contribution in [0.15, 0.2) is 72.2 Å². The van der Waals surface area contributed by atoms with E-state index in [4.69, 9.17) is 17.3 Å². The normalized spacial score (nSPS) is 20.0. The van der Waals surface area contributed by atoms with Gasteiger partial charge in [-0.05, 0) is 38.0 Å². The molecule has 0 atom stereocenters. The molecule has 1 aromatic rings. The van der Waals surface area contributed by atoms with E-state index >= 15 is 0 Å². The molecule has 2 bridgehead atoms. The lowest BCUT2D eigenvalue weighted by atomic mass is 9.98. The largest absolute Gasteiger partial charge is 0.505 e. The van der Waals surface area contributed by atoms with Crippen molar-refractivity contribution in [1.29, 1.82) is 0 Å². The van der Waals surface area contributed by atoms with Gasteiger partial charge in [-0.3, -0.25) is 0 Å². The molecule has 0 unspecified atom stereocenters. The van der Waals surface area contributed by atoms with Gasteiger partial charge in [-0.2, -0.15) is 0 Å². The Morgan fingerprint density at radius 2 is 2.23 bits per heavy atom. The topological polar surface area (TPSA) is 60.9 Å². The third-order valence-electron chi connectivity index (χ3n) is 3.87. The van der Waals surface area contributed by atoms with Gasteiger partial charge in [0.05, 0.1) is 17.7 Å². The molecule has 1 aromatic heterocycles. The van der Waals surface area contributed by atoms with Crippen molar-refractivity contribution in [1.82, 2.24) is 9.97 Å². The molecule has 1 aliphatic carbocycles. The number of rotatable bonds is 2. The maximum absolute atomic E-state index is 12.1. The Labute approximate surface area is 157 Å². The van der Waals surface area contributed by atoms with Crippen molar-refractivity contribution in [2.75, 3.05) is 5.32 Å². The number of aliphatic hydroxyl groups is 1. The zero-order chi connectivity index (χ0) is 19.1. The standard InChI is InChI=1S/C12H11N3S.C8H11FO/c16-12-11-10(13-7-14-12)8-4-2-1-3-5-9(6-8)15-11;1-4-6(2)5-8(10)7(3)9/h1,3-5,7,15H,2,6H2,(H,13,14,16);4-5,10H,3H2,1-2H3/b3-1?,8-4+,9-5+;6-4-,8-5+.